The molecule has 1 aromatic carbocycles. The number of benzene rings is 1. The SMILES string of the molecule is C[C@H]1OC(=O)C[C@H](NCc2ccccc2)[C@H]1C(=O)O.Cl. The van der Waals surface area contributed by atoms with Crippen molar-refractivity contribution in [2.24, 2.45) is 5.92 Å². The van der Waals surface area contributed by atoms with E-state index >= 15 is 0 Å². The largest absolute Gasteiger partial charge is 0.481 e. The van der Waals surface area contributed by atoms with Gasteiger partial charge in [-0.05, 0) is 12.5 Å². The molecule has 0 spiro atoms. The van der Waals surface area contributed by atoms with Crippen molar-refractivity contribution in [2.45, 2.75) is 32.0 Å². The van der Waals surface area contributed by atoms with Gasteiger partial charge in [0.2, 0.25) is 0 Å². The fourth-order valence-electron chi connectivity index (χ4n) is 2.38. The minimum atomic E-state index is -0.939. The number of carbonyl (C=O) groups excluding carboxylic acids is 1. The van der Waals surface area contributed by atoms with Gasteiger partial charge in [0.05, 0.1) is 6.42 Å². The van der Waals surface area contributed by atoms with Crippen molar-refractivity contribution in [3.63, 3.8) is 0 Å². The Morgan fingerprint density at radius 2 is 2.05 bits per heavy atom. The number of carboxylic acid groups (broad SMARTS) is 1. The molecule has 3 atom stereocenters. The van der Waals surface area contributed by atoms with Crippen LogP contribution in [-0.4, -0.2) is 29.2 Å². The Balaban J connectivity index is 0.00000200. The lowest BCUT2D eigenvalue weighted by molar-refractivity contribution is -0.167. The number of carbonyl (C=O) groups is 2. The molecule has 20 heavy (non-hydrogen) atoms. The molecule has 1 aliphatic heterocycles. The number of hydrogen-bond acceptors (Lipinski definition) is 4. The molecule has 0 aliphatic carbocycles. The summed E-state index contributed by atoms with van der Waals surface area (Å²) in [5, 5.41) is 12.4. The van der Waals surface area contributed by atoms with Gasteiger partial charge in [-0.1, -0.05) is 30.3 Å². The maximum atomic E-state index is 11.4. The van der Waals surface area contributed by atoms with E-state index in [9.17, 15) is 14.7 Å². The summed E-state index contributed by atoms with van der Waals surface area (Å²) in [5.41, 5.74) is 1.05. The van der Waals surface area contributed by atoms with Crippen LogP contribution >= 0.6 is 12.4 Å². The number of cyclic esters (lactones) is 1. The molecule has 0 unspecified atom stereocenters. The Bertz CT molecular complexity index is 466. The Hall–Kier alpha value is -1.59. The lowest BCUT2D eigenvalue weighted by atomic mass is 9.89. The van der Waals surface area contributed by atoms with E-state index in [-0.39, 0.29) is 24.8 Å². The first-order chi connectivity index (χ1) is 9.08. The number of ether oxygens (including phenoxy) is 1. The van der Waals surface area contributed by atoms with E-state index in [4.69, 9.17) is 4.74 Å². The molecule has 2 rings (SSSR count). The predicted octanol–water partition coefficient (Wildman–Crippen LogP) is 1.60. The van der Waals surface area contributed by atoms with Crippen LogP contribution < -0.4 is 5.32 Å². The zero-order valence-electron chi connectivity index (χ0n) is 11.1. The molecule has 0 radical (unpaired) electrons. The van der Waals surface area contributed by atoms with Gasteiger partial charge in [-0.3, -0.25) is 9.59 Å². The van der Waals surface area contributed by atoms with Gasteiger partial charge in [-0.15, -0.1) is 12.4 Å². The number of esters is 1. The van der Waals surface area contributed by atoms with E-state index in [0.717, 1.165) is 5.56 Å². The van der Waals surface area contributed by atoms with Crippen molar-refractivity contribution < 1.29 is 19.4 Å². The standard InChI is InChI=1S/C14H17NO4.ClH/c1-9-13(14(17)18)11(7-12(16)19-9)15-8-10-5-3-2-4-6-10;/h2-6,9,11,13,15H,7-8H2,1H3,(H,17,18);1H/t9-,11+,13+;/m1./s1. The van der Waals surface area contributed by atoms with Crippen molar-refractivity contribution in [1.82, 2.24) is 5.32 Å². The molecular formula is C14H18ClNO4. The highest BCUT2D eigenvalue weighted by Gasteiger charge is 2.40. The molecule has 5 nitrogen and oxygen atoms in total. The monoisotopic (exact) mass is 299 g/mol. The second-order valence-corrected chi connectivity index (χ2v) is 4.74. The summed E-state index contributed by atoms with van der Waals surface area (Å²) in [4.78, 5) is 22.7. The number of nitrogens with one attached hydrogen (secondary N) is 1. The highest BCUT2D eigenvalue weighted by Crippen LogP contribution is 2.23. The van der Waals surface area contributed by atoms with Gasteiger partial charge in [0.15, 0.2) is 0 Å². The normalized spacial score (nSPS) is 25.4. The summed E-state index contributed by atoms with van der Waals surface area (Å²) in [6.07, 6.45) is -0.513. The minimum Gasteiger partial charge on any atom is -0.481 e. The van der Waals surface area contributed by atoms with Crippen LogP contribution in [0, 0.1) is 5.92 Å². The van der Waals surface area contributed by atoms with Crippen molar-refractivity contribution in [2.75, 3.05) is 0 Å². The molecule has 1 heterocycles. The lowest BCUT2D eigenvalue weighted by Crippen LogP contribution is -2.51. The van der Waals surface area contributed by atoms with Gasteiger partial charge in [0, 0.05) is 12.6 Å². The van der Waals surface area contributed by atoms with E-state index < -0.39 is 24.0 Å². The Morgan fingerprint density at radius 3 is 2.65 bits per heavy atom. The van der Waals surface area contributed by atoms with E-state index in [1.54, 1.807) is 6.92 Å². The number of hydrogen-bond donors (Lipinski definition) is 2. The Morgan fingerprint density at radius 1 is 1.40 bits per heavy atom. The summed E-state index contributed by atoms with van der Waals surface area (Å²) >= 11 is 0. The molecule has 2 N–H and O–H groups in total. The smallest absolute Gasteiger partial charge is 0.311 e. The quantitative estimate of drug-likeness (QED) is 0.826. The lowest BCUT2D eigenvalue weighted by Gasteiger charge is -2.33. The van der Waals surface area contributed by atoms with Crippen LogP contribution in [0.4, 0.5) is 0 Å². The van der Waals surface area contributed by atoms with Crippen molar-refractivity contribution in [3.8, 4) is 0 Å². The predicted molar refractivity (Wildman–Crippen MR) is 75.6 cm³/mol. The first-order valence-electron chi connectivity index (χ1n) is 6.27. The number of halogens is 1. The van der Waals surface area contributed by atoms with Crippen molar-refractivity contribution in [1.29, 1.82) is 0 Å². The Labute approximate surface area is 123 Å². The second-order valence-electron chi connectivity index (χ2n) is 4.74. The molecule has 1 saturated heterocycles. The van der Waals surface area contributed by atoms with Crippen molar-refractivity contribution >= 4 is 24.3 Å². The molecule has 1 aromatic rings. The average Bonchev–Trinajstić information content (AvgIpc) is 2.36. The summed E-state index contributed by atoms with van der Waals surface area (Å²) in [6, 6.07) is 9.27. The van der Waals surface area contributed by atoms with Gasteiger partial charge in [-0.25, -0.2) is 0 Å². The highest BCUT2D eigenvalue weighted by molar-refractivity contribution is 5.85. The van der Waals surface area contributed by atoms with E-state index in [2.05, 4.69) is 5.32 Å². The van der Waals surface area contributed by atoms with Gasteiger partial charge < -0.3 is 15.2 Å². The van der Waals surface area contributed by atoms with Crippen LogP contribution in [0.25, 0.3) is 0 Å². The Kier molecular flexibility index (Phi) is 5.98. The summed E-state index contributed by atoms with van der Waals surface area (Å²) in [6.45, 7) is 2.16. The molecule has 1 fully saturated rings. The third-order valence-electron chi connectivity index (χ3n) is 3.34. The van der Waals surface area contributed by atoms with E-state index in [1.165, 1.54) is 0 Å². The van der Waals surface area contributed by atoms with Gasteiger partial charge in [0.1, 0.15) is 12.0 Å². The molecule has 0 saturated carbocycles. The van der Waals surface area contributed by atoms with Gasteiger partial charge >= 0.3 is 11.9 Å². The minimum absolute atomic E-state index is 0. The fourth-order valence-corrected chi connectivity index (χ4v) is 2.38. The molecule has 1 aliphatic rings. The van der Waals surface area contributed by atoms with Crippen LogP contribution in [0.3, 0.4) is 0 Å². The van der Waals surface area contributed by atoms with Crippen LogP contribution in [0.15, 0.2) is 30.3 Å². The molecule has 0 bridgehead atoms. The highest BCUT2D eigenvalue weighted by atomic mass is 35.5. The third kappa shape index (κ3) is 3.95. The fraction of sp³-hybridized carbons (Fsp3) is 0.429. The summed E-state index contributed by atoms with van der Waals surface area (Å²) in [7, 11) is 0. The zero-order valence-corrected chi connectivity index (χ0v) is 11.9. The molecule has 6 heteroatoms. The molecule has 0 aromatic heterocycles. The molecular weight excluding hydrogens is 282 g/mol. The van der Waals surface area contributed by atoms with Gasteiger partial charge in [0.25, 0.3) is 0 Å². The van der Waals surface area contributed by atoms with E-state index in [0.29, 0.717) is 6.54 Å². The van der Waals surface area contributed by atoms with Crippen molar-refractivity contribution in [3.05, 3.63) is 35.9 Å². The topological polar surface area (TPSA) is 75.6 Å². The molecule has 0 amide bonds. The third-order valence-corrected chi connectivity index (χ3v) is 3.34. The van der Waals surface area contributed by atoms with Crippen LogP contribution in [0.5, 0.6) is 0 Å². The van der Waals surface area contributed by atoms with E-state index in [1.807, 2.05) is 30.3 Å². The van der Waals surface area contributed by atoms with Crippen LogP contribution in [-0.2, 0) is 20.9 Å². The first kappa shape index (κ1) is 16.5. The van der Waals surface area contributed by atoms with Crippen LogP contribution in [0.1, 0.15) is 18.9 Å². The average molecular weight is 300 g/mol. The molecule has 110 valence electrons. The summed E-state index contributed by atoms with van der Waals surface area (Å²) in [5.74, 6) is -2.00. The maximum absolute atomic E-state index is 11.4. The summed E-state index contributed by atoms with van der Waals surface area (Å²) < 4.78 is 4.98. The second kappa shape index (κ2) is 7.26. The number of carboxylic acids is 1. The maximum Gasteiger partial charge on any atom is 0.311 e. The first-order valence-corrected chi connectivity index (χ1v) is 6.27. The number of rotatable bonds is 4. The van der Waals surface area contributed by atoms with Gasteiger partial charge in [-0.2, -0.15) is 0 Å². The number of aliphatic carboxylic acids is 1. The van der Waals surface area contributed by atoms with Crippen LogP contribution in [0.2, 0.25) is 0 Å². The zero-order chi connectivity index (χ0) is 13.8.